The Bertz CT molecular complexity index is 1430. The number of benzene rings is 2. The molecule has 0 radical (unpaired) electrons. The van der Waals surface area contributed by atoms with E-state index in [2.05, 4.69) is 0 Å². The van der Waals surface area contributed by atoms with Crippen LogP contribution in [0.1, 0.15) is 56.2 Å². The molecular weight excluding hydrogens is 567 g/mol. The monoisotopic (exact) mass is 594 g/mol. The second-order valence-corrected chi connectivity index (χ2v) is 10.9. The molecule has 2 aliphatic heterocycles. The van der Waals surface area contributed by atoms with Gasteiger partial charge >= 0.3 is 6.18 Å². The summed E-state index contributed by atoms with van der Waals surface area (Å²) in [7, 11) is 0. The van der Waals surface area contributed by atoms with Gasteiger partial charge in [-0.15, -0.1) is 0 Å². The number of piperidine rings is 1. The summed E-state index contributed by atoms with van der Waals surface area (Å²) in [6, 6.07) is 7.05. The summed E-state index contributed by atoms with van der Waals surface area (Å²) < 4.78 is 71.0. The van der Waals surface area contributed by atoms with Crippen molar-refractivity contribution in [2.24, 2.45) is 0 Å². The van der Waals surface area contributed by atoms with Gasteiger partial charge in [0.1, 0.15) is 16.9 Å². The number of nitrogens with zero attached hydrogens (tertiary/aromatic N) is 4. The number of amides is 2. The minimum absolute atomic E-state index is 0.0691. The highest BCUT2D eigenvalue weighted by atomic mass is 32.1. The molecule has 0 bridgehead atoms. The van der Waals surface area contributed by atoms with Crippen molar-refractivity contribution in [3.8, 4) is 6.07 Å². The number of hydrogen-bond acceptors (Lipinski definition) is 5. The maximum Gasteiger partial charge on any atom is 0.420 e. The van der Waals surface area contributed by atoms with Crippen molar-refractivity contribution < 1.29 is 36.6 Å². The Morgan fingerprint density at radius 1 is 1.17 bits per heavy atom. The largest absolute Gasteiger partial charge is 0.420 e. The van der Waals surface area contributed by atoms with Gasteiger partial charge in [-0.25, -0.2) is 8.78 Å². The molecule has 0 aliphatic carbocycles. The van der Waals surface area contributed by atoms with Gasteiger partial charge in [-0.3, -0.25) is 14.5 Å². The number of thiocarbonyl (C=S) groups is 1. The number of anilines is 2. The molecule has 4 rings (SSSR count). The van der Waals surface area contributed by atoms with Crippen LogP contribution in [-0.2, 0) is 22.2 Å². The fourth-order valence-corrected chi connectivity index (χ4v) is 5.65. The van der Waals surface area contributed by atoms with Gasteiger partial charge in [-0.05, 0) is 81.6 Å². The third-order valence-corrected chi connectivity index (χ3v) is 7.75. The molecule has 2 aromatic rings. The first-order valence-electron chi connectivity index (χ1n) is 12.9. The van der Waals surface area contributed by atoms with Gasteiger partial charge in [0, 0.05) is 25.2 Å². The van der Waals surface area contributed by atoms with Crippen molar-refractivity contribution in [2.45, 2.75) is 63.8 Å². The molecule has 0 atom stereocenters. The number of halogens is 5. The zero-order valence-electron chi connectivity index (χ0n) is 22.3. The standard InChI is InChI=1S/C28H27F5N4O3S/c1-27(2)25(40)36(21-9-7-17(15-34)23(24(21)30)28(31,32)33)26(41)37(27)18-8-6-16(20(29)14-18)4-3-5-22(39)35-12-10-19(38)11-13-35/h6-9,14,19,38H,3-5,10-13H2,1-2H3. The first-order chi connectivity index (χ1) is 19.2. The molecule has 0 spiro atoms. The molecule has 2 amide bonds. The second-order valence-electron chi connectivity index (χ2n) is 10.5. The van der Waals surface area contributed by atoms with E-state index in [1.165, 1.54) is 36.9 Å². The zero-order chi connectivity index (χ0) is 30.3. The van der Waals surface area contributed by atoms with E-state index in [1.807, 2.05) is 0 Å². The number of carbonyl (C=O) groups excluding carboxylic acids is 2. The molecular formula is C28H27F5N4O3S. The Morgan fingerprint density at radius 3 is 2.41 bits per heavy atom. The van der Waals surface area contributed by atoms with Crippen LogP contribution in [0.15, 0.2) is 30.3 Å². The lowest BCUT2D eigenvalue weighted by Crippen LogP contribution is -2.44. The highest BCUT2D eigenvalue weighted by Gasteiger charge is 2.52. The lowest BCUT2D eigenvalue weighted by atomic mass is 10.0. The Balaban J connectivity index is 1.54. The van der Waals surface area contributed by atoms with Crippen LogP contribution in [0, 0.1) is 23.0 Å². The molecule has 2 saturated heterocycles. The number of nitriles is 1. The van der Waals surface area contributed by atoms with Crippen molar-refractivity contribution in [2.75, 3.05) is 22.9 Å². The van der Waals surface area contributed by atoms with Crippen molar-refractivity contribution in [1.29, 1.82) is 5.26 Å². The van der Waals surface area contributed by atoms with Crippen molar-refractivity contribution in [3.63, 3.8) is 0 Å². The molecule has 2 aromatic carbocycles. The van der Waals surface area contributed by atoms with E-state index in [0.29, 0.717) is 42.8 Å². The Kier molecular flexibility index (Phi) is 8.38. The predicted molar refractivity (Wildman–Crippen MR) is 144 cm³/mol. The van der Waals surface area contributed by atoms with E-state index in [4.69, 9.17) is 17.5 Å². The maximum atomic E-state index is 15.2. The normalized spacial score (nSPS) is 17.8. The number of hydrogen-bond donors (Lipinski definition) is 1. The van der Waals surface area contributed by atoms with Crippen LogP contribution < -0.4 is 9.80 Å². The van der Waals surface area contributed by atoms with Crippen LogP contribution in [0.5, 0.6) is 0 Å². The van der Waals surface area contributed by atoms with Crippen LogP contribution in [0.4, 0.5) is 33.3 Å². The van der Waals surface area contributed by atoms with Gasteiger partial charge in [-0.2, -0.15) is 18.4 Å². The van der Waals surface area contributed by atoms with Crippen molar-refractivity contribution in [1.82, 2.24) is 4.90 Å². The fourth-order valence-electron chi connectivity index (χ4n) is 5.13. The molecule has 2 fully saturated rings. The van der Waals surface area contributed by atoms with Crippen LogP contribution in [0.3, 0.4) is 0 Å². The summed E-state index contributed by atoms with van der Waals surface area (Å²) in [5.74, 6) is -3.36. The van der Waals surface area contributed by atoms with E-state index in [1.54, 1.807) is 4.90 Å². The number of carbonyl (C=O) groups is 2. The summed E-state index contributed by atoms with van der Waals surface area (Å²) in [6.07, 6.45) is -3.71. The average Bonchev–Trinajstić information content (AvgIpc) is 3.07. The number of alkyl halides is 3. The predicted octanol–water partition coefficient (Wildman–Crippen LogP) is 5.08. The number of aliphatic hydroxyl groups is 1. The SMILES string of the molecule is CC1(C)C(=O)N(c2ccc(C#N)c(C(F)(F)F)c2F)C(=S)N1c1ccc(CCCC(=O)N2CCC(O)CC2)c(F)c1. The molecule has 2 heterocycles. The second kappa shape index (κ2) is 11.3. The summed E-state index contributed by atoms with van der Waals surface area (Å²) in [5, 5.41) is 18.3. The Hall–Kier alpha value is -3.63. The van der Waals surface area contributed by atoms with Gasteiger partial charge < -0.3 is 14.9 Å². The van der Waals surface area contributed by atoms with E-state index in [0.717, 1.165) is 18.2 Å². The summed E-state index contributed by atoms with van der Waals surface area (Å²) in [6.45, 7) is 3.80. The van der Waals surface area contributed by atoms with E-state index < -0.39 is 52.2 Å². The Labute approximate surface area is 238 Å². The fraction of sp³-hybridized carbons (Fsp3) is 0.429. The first-order valence-corrected chi connectivity index (χ1v) is 13.3. The number of likely N-dealkylation sites (tertiary alicyclic amines) is 1. The molecule has 0 aromatic heterocycles. The highest BCUT2D eigenvalue weighted by Crippen LogP contribution is 2.42. The number of aliphatic hydroxyl groups excluding tert-OH is 1. The molecule has 1 N–H and O–H groups in total. The van der Waals surface area contributed by atoms with Crippen LogP contribution in [0.2, 0.25) is 0 Å². The molecule has 2 aliphatic rings. The van der Waals surface area contributed by atoms with Crippen LogP contribution in [-0.4, -0.2) is 51.7 Å². The van der Waals surface area contributed by atoms with E-state index >= 15 is 8.78 Å². The lowest BCUT2D eigenvalue weighted by molar-refractivity contribution is -0.140. The molecule has 7 nitrogen and oxygen atoms in total. The molecule has 13 heteroatoms. The minimum atomic E-state index is -5.20. The van der Waals surface area contributed by atoms with Crippen LogP contribution in [0.25, 0.3) is 0 Å². The summed E-state index contributed by atoms with van der Waals surface area (Å²) >= 11 is 5.39. The zero-order valence-corrected chi connectivity index (χ0v) is 23.1. The quantitative estimate of drug-likeness (QED) is 0.371. The summed E-state index contributed by atoms with van der Waals surface area (Å²) in [4.78, 5) is 29.3. The average molecular weight is 595 g/mol. The van der Waals surface area contributed by atoms with Gasteiger partial charge in [0.05, 0.1) is 23.4 Å². The minimum Gasteiger partial charge on any atom is -0.393 e. The van der Waals surface area contributed by atoms with E-state index in [-0.39, 0.29) is 29.5 Å². The smallest absolute Gasteiger partial charge is 0.393 e. The third-order valence-electron chi connectivity index (χ3n) is 7.38. The van der Waals surface area contributed by atoms with E-state index in [9.17, 15) is 27.9 Å². The topological polar surface area (TPSA) is 87.9 Å². The summed E-state index contributed by atoms with van der Waals surface area (Å²) in [5.41, 5.74) is -4.59. The third kappa shape index (κ3) is 5.76. The number of aryl methyl sites for hydroxylation is 1. The molecule has 0 saturated carbocycles. The van der Waals surface area contributed by atoms with Gasteiger partial charge in [-0.1, -0.05) is 6.07 Å². The molecule has 41 heavy (non-hydrogen) atoms. The maximum absolute atomic E-state index is 15.2. The number of rotatable bonds is 6. The molecule has 218 valence electrons. The molecule has 0 unspecified atom stereocenters. The van der Waals surface area contributed by atoms with Gasteiger partial charge in [0.25, 0.3) is 5.91 Å². The highest BCUT2D eigenvalue weighted by molar-refractivity contribution is 7.81. The van der Waals surface area contributed by atoms with Gasteiger partial charge in [0.15, 0.2) is 10.9 Å². The first kappa shape index (κ1) is 30.3. The van der Waals surface area contributed by atoms with Crippen molar-refractivity contribution in [3.05, 3.63) is 58.7 Å². The Morgan fingerprint density at radius 2 is 1.83 bits per heavy atom. The van der Waals surface area contributed by atoms with Crippen molar-refractivity contribution >= 4 is 40.5 Å². The van der Waals surface area contributed by atoms with Crippen LogP contribution >= 0.6 is 12.2 Å². The lowest BCUT2D eigenvalue weighted by Gasteiger charge is -2.30. The van der Waals surface area contributed by atoms with Gasteiger partial charge in [0.2, 0.25) is 5.91 Å².